The van der Waals surface area contributed by atoms with Crippen molar-refractivity contribution in [1.29, 1.82) is 0 Å². The van der Waals surface area contributed by atoms with Gasteiger partial charge in [0, 0.05) is 17.5 Å². The monoisotopic (exact) mass is 518 g/mol. The third kappa shape index (κ3) is 5.20. The van der Waals surface area contributed by atoms with Crippen LogP contribution in [-0.4, -0.2) is 25.9 Å². The lowest BCUT2D eigenvalue weighted by atomic mass is 9.93. The molecule has 0 fully saturated rings. The van der Waals surface area contributed by atoms with Crippen LogP contribution in [0.2, 0.25) is 5.02 Å². The number of rotatable bonds is 5. The molecule has 3 aromatic rings. The molecule has 9 nitrogen and oxygen atoms in total. The number of fused-ring (bicyclic) bond motifs is 1. The molecule has 0 radical (unpaired) electrons. The van der Waals surface area contributed by atoms with Crippen molar-refractivity contribution in [2.75, 3.05) is 0 Å². The highest BCUT2D eigenvalue weighted by Gasteiger charge is 2.28. The first kappa shape index (κ1) is 24.4. The third-order valence-corrected chi connectivity index (χ3v) is 6.92. The summed E-state index contributed by atoms with van der Waals surface area (Å²) in [5, 5.41) is 4.29. The Balaban J connectivity index is 1.52. The summed E-state index contributed by atoms with van der Waals surface area (Å²) in [6.07, 6.45) is 1.60. The fourth-order valence-electron chi connectivity index (χ4n) is 3.66. The lowest BCUT2D eigenvalue weighted by Gasteiger charge is -2.14. The molecule has 1 aromatic heterocycles. The molecule has 35 heavy (non-hydrogen) atoms. The van der Waals surface area contributed by atoms with E-state index in [4.69, 9.17) is 16.0 Å². The zero-order chi connectivity index (χ0) is 25.2. The number of aryl methyl sites for hydroxylation is 1. The van der Waals surface area contributed by atoms with E-state index in [-0.39, 0.29) is 21.2 Å². The molecule has 0 unspecified atom stereocenters. The average Bonchev–Trinajstić information content (AvgIpc) is 3.19. The minimum atomic E-state index is -4.02. The van der Waals surface area contributed by atoms with Crippen molar-refractivity contribution in [3.63, 3.8) is 0 Å². The first-order valence-corrected chi connectivity index (χ1v) is 12.4. The Morgan fingerprint density at radius 1 is 1.03 bits per heavy atom. The summed E-state index contributed by atoms with van der Waals surface area (Å²) >= 11 is 6.00. The average molecular weight is 519 g/mol. The number of benzene rings is 2. The summed E-state index contributed by atoms with van der Waals surface area (Å²) in [6.45, 7) is 1.64. The maximum absolute atomic E-state index is 13.1. The van der Waals surface area contributed by atoms with Crippen LogP contribution in [0, 0.1) is 12.7 Å². The van der Waals surface area contributed by atoms with Crippen LogP contribution < -0.4 is 15.7 Å². The van der Waals surface area contributed by atoms with Crippen molar-refractivity contribution in [2.45, 2.75) is 31.1 Å². The SMILES string of the molecule is Cc1c(C(=O)NNC(=O)c2ccccc2Cl)oc2c1/C(=N/NS(=O)(=O)c1ccc(F)cc1)CCC2. The molecule has 0 aliphatic heterocycles. The van der Waals surface area contributed by atoms with E-state index in [0.29, 0.717) is 41.9 Å². The Bertz CT molecular complexity index is 1430. The van der Waals surface area contributed by atoms with Crippen molar-refractivity contribution in [3.8, 4) is 0 Å². The first-order valence-electron chi connectivity index (χ1n) is 10.5. The maximum atomic E-state index is 13.1. The normalized spacial score (nSPS) is 14.3. The van der Waals surface area contributed by atoms with Gasteiger partial charge >= 0.3 is 5.91 Å². The van der Waals surface area contributed by atoms with E-state index < -0.39 is 27.7 Å². The number of halogens is 2. The van der Waals surface area contributed by atoms with E-state index in [2.05, 4.69) is 20.8 Å². The molecule has 4 rings (SSSR count). The number of sulfonamides is 1. The molecule has 0 spiro atoms. The molecular weight excluding hydrogens is 499 g/mol. The van der Waals surface area contributed by atoms with Crippen molar-refractivity contribution >= 4 is 39.2 Å². The van der Waals surface area contributed by atoms with Crippen LogP contribution in [0.3, 0.4) is 0 Å². The van der Waals surface area contributed by atoms with Gasteiger partial charge in [0.2, 0.25) is 0 Å². The number of nitrogens with zero attached hydrogens (tertiary/aromatic N) is 1. The number of nitrogens with one attached hydrogen (secondary N) is 3. The first-order chi connectivity index (χ1) is 16.7. The zero-order valence-corrected chi connectivity index (χ0v) is 20.0. The van der Waals surface area contributed by atoms with Crippen molar-refractivity contribution in [2.24, 2.45) is 5.10 Å². The summed E-state index contributed by atoms with van der Waals surface area (Å²) in [7, 11) is -4.02. The number of carbonyl (C=O) groups is 2. The predicted octanol–water partition coefficient (Wildman–Crippen LogP) is 3.47. The Kier molecular flexibility index (Phi) is 6.90. The van der Waals surface area contributed by atoms with E-state index in [1.54, 1.807) is 25.1 Å². The number of hydrazine groups is 1. The Morgan fingerprint density at radius 2 is 1.71 bits per heavy atom. The number of carbonyl (C=O) groups excluding carboxylic acids is 2. The van der Waals surface area contributed by atoms with Gasteiger partial charge in [-0.2, -0.15) is 18.4 Å². The Morgan fingerprint density at radius 3 is 2.43 bits per heavy atom. The number of furan rings is 1. The molecule has 0 bridgehead atoms. The van der Waals surface area contributed by atoms with Gasteiger partial charge in [-0.15, -0.1) is 0 Å². The lowest BCUT2D eigenvalue weighted by Crippen LogP contribution is -2.41. The van der Waals surface area contributed by atoms with E-state index in [1.807, 2.05) is 0 Å². The molecule has 1 heterocycles. The molecule has 1 aliphatic rings. The van der Waals surface area contributed by atoms with Crippen LogP contribution in [0.4, 0.5) is 4.39 Å². The van der Waals surface area contributed by atoms with E-state index in [0.717, 1.165) is 24.3 Å². The topological polar surface area (TPSA) is 130 Å². The largest absolute Gasteiger partial charge is 0.455 e. The second-order valence-electron chi connectivity index (χ2n) is 7.70. The highest BCUT2D eigenvalue weighted by atomic mass is 35.5. The van der Waals surface area contributed by atoms with Crippen LogP contribution in [0.5, 0.6) is 0 Å². The van der Waals surface area contributed by atoms with Gasteiger partial charge in [-0.3, -0.25) is 20.4 Å². The van der Waals surface area contributed by atoms with Gasteiger partial charge in [0.15, 0.2) is 5.76 Å². The van der Waals surface area contributed by atoms with Crippen LogP contribution in [0.15, 0.2) is 62.9 Å². The van der Waals surface area contributed by atoms with E-state index in [9.17, 15) is 22.4 Å². The van der Waals surface area contributed by atoms with Crippen LogP contribution >= 0.6 is 11.6 Å². The van der Waals surface area contributed by atoms with Gasteiger partial charge in [-0.1, -0.05) is 23.7 Å². The second kappa shape index (κ2) is 9.88. The predicted molar refractivity (Wildman–Crippen MR) is 126 cm³/mol. The molecule has 0 atom stereocenters. The van der Waals surface area contributed by atoms with Gasteiger partial charge in [0.1, 0.15) is 11.6 Å². The summed E-state index contributed by atoms with van der Waals surface area (Å²) < 4.78 is 43.9. The van der Waals surface area contributed by atoms with Crippen molar-refractivity contribution < 1.29 is 26.8 Å². The fourth-order valence-corrected chi connectivity index (χ4v) is 4.71. The Hall–Kier alpha value is -3.70. The molecule has 12 heteroatoms. The highest BCUT2D eigenvalue weighted by Crippen LogP contribution is 2.30. The summed E-state index contributed by atoms with van der Waals surface area (Å²) in [4.78, 5) is 27.0. The van der Waals surface area contributed by atoms with E-state index in [1.165, 1.54) is 6.07 Å². The van der Waals surface area contributed by atoms with Gasteiger partial charge in [0.25, 0.3) is 15.9 Å². The molecule has 3 N–H and O–H groups in total. The van der Waals surface area contributed by atoms with Gasteiger partial charge < -0.3 is 4.42 Å². The maximum Gasteiger partial charge on any atom is 0.305 e. The van der Waals surface area contributed by atoms with Gasteiger partial charge in [-0.05, 0) is 56.2 Å². The van der Waals surface area contributed by atoms with Crippen LogP contribution in [0.25, 0.3) is 0 Å². The minimum Gasteiger partial charge on any atom is -0.455 e. The molecule has 0 saturated heterocycles. The van der Waals surface area contributed by atoms with Gasteiger partial charge in [0.05, 0.1) is 21.2 Å². The number of amides is 2. The second-order valence-corrected chi connectivity index (χ2v) is 9.77. The smallest absolute Gasteiger partial charge is 0.305 e. The molecule has 182 valence electrons. The summed E-state index contributed by atoms with van der Waals surface area (Å²) in [6, 6.07) is 10.7. The minimum absolute atomic E-state index is 0.0366. The molecular formula is C23H20ClFN4O5S. The number of hydrogen-bond donors (Lipinski definition) is 3. The quantitative estimate of drug-likeness (QED) is 0.445. The van der Waals surface area contributed by atoms with Crippen molar-refractivity contribution in [3.05, 3.63) is 87.6 Å². The van der Waals surface area contributed by atoms with Crippen molar-refractivity contribution in [1.82, 2.24) is 15.7 Å². The van der Waals surface area contributed by atoms with Gasteiger partial charge in [-0.25, -0.2) is 4.39 Å². The summed E-state index contributed by atoms with van der Waals surface area (Å²) in [5.41, 5.74) is 6.16. The lowest BCUT2D eigenvalue weighted by molar-refractivity contribution is 0.0829. The molecule has 2 amide bonds. The van der Waals surface area contributed by atoms with E-state index >= 15 is 0 Å². The zero-order valence-electron chi connectivity index (χ0n) is 18.4. The highest BCUT2D eigenvalue weighted by molar-refractivity contribution is 7.89. The number of hydrazone groups is 1. The molecule has 2 aromatic carbocycles. The van der Waals surface area contributed by atoms with Crippen LogP contribution in [0.1, 0.15) is 50.6 Å². The van der Waals surface area contributed by atoms with Crippen LogP contribution in [-0.2, 0) is 16.4 Å². The summed E-state index contributed by atoms with van der Waals surface area (Å²) in [5.74, 6) is -1.41. The number of hydrogen-bond acceptors (Lipinski definition) is 6. The molecule has 0 saturated carbocycles. The standard InChI is InChI=1S/C23H20ClFN4O5S/c1-13-20-18(26-29-35(32,33)15-11-9-14(25)10-12-15)7-4-8-19(20)34-21(13)23(31)28-27-22(30)16-5-2-3-6-17(16)24/h2-3,5-6,9-12,29H,4,7-8H2,1H3,(H,27,30)(H,28,31)/b26-18+. The Labute approximate surface area is 205 Å². The fraction of sp³-hybridized carbons (Fsp3) is 0.174. The third-order valence-electron chi connectivity index (χ3n) is 5.36. The molecule has 1 aliphatic carbocycles.